The van der Waals surface area contributed by atoms with E-state index >= 15 is 0 Å². The Kier molecular flexibility index (Phi) is 6.53. The zero-order chi connectivity index (χ0) is 22.6. The maximum atomic E-state index is 12.3. The maximum Gasteiger partial charge on any atom is 0.238 e. The number of amidine groups is 1. The van der Waals surface area contributed by atoms with E-state index in [1.807, 2.05) is 40.9 Å². The van der Waals surface area contributed by atoms with Crippen LogP contribution in [0.4, 0.5) is 11.6 Å². The van der Waals surface area contributed by atoms with Gasteiger partial charge in [0.1, 0.15) is 16.5 Å². The quantitative estimate of drug-likeness (QED) is 0.474. The molecule has 1 amide bonds. The number of carbonyl (C=O) groups is 1. The molecule has 2 fully saturated rings. The number of nitrogens with zero attached hydrogens (tertiary/aromatic N) is 5. The molecule has 5 rings (SSSR count). The first-order valence-electron chi connectivity index (χ1n) is 10.9. The molecule has 2 aliphatic rings. The number of hydrogen-bond acceptors (Lipinski definition) is 8. The second-order valence-corrected chi connectivity index (χ2v) is 9.14. The number of aromatic nitrogens is 3. The fraction of sp³-hybridized carbons (Fsp3) is 0.364. The van der Waals surface area contributed by atoms with Crippen molar-refractivity contribution in [2.45, 2.75) is 29.3 Å². The molecule has 172 valence electrons. The average Bonchev–Trinajstić information content (AvgIpc) is 3.44. The van der Waals surface area contributed by atoms with Gasteiger partial charge in [0, 0.05) is 54.6 Å². The van der Waals surface area contributed by atoms with Crippen LogP contribution in [0.1, 0.15) is 13.3 Å². The summed E-state index contributed by atoms with van der Waals surface area (Å²) in [7, 11) is 0. The summed E-state index contributed by atoms with van der Waals surface area (Å²) in [6, 6.07) is 10.0. The lowest BCUT2D eigenvalue weighted by Crippen LogP contribution is -2.41. The molecule has 1 atom stereocenters. The molecule has 3 N–H and O–H groups in total. The topological polar surface area (TPSA) is 108 Å². The van der Waals surface area contributed by atoms with Gasteiger partial charge in [0.05, 0.1) is 19.8 Å². The zero-order valence-electron chi connectivity index (χ0n) is 18.3. The number of morpholine rings is 1. The Morgan fingerprint density at radius 1 is 1.30 bits per heavy atom. The van der Waals surface area contributed by atoms with Gasteiger partial charge < -0.3 is 15.5 Å². The van der Waals surface area contributed by atoms with Crippen LogP contribution in [-0.2, 0) is 9.53 Å². The Labute approximate surface area is 195 Å². The summed E-state index contributed by atoms with van der Waals surface area (Å²) in [4.78, 5) is 29.3. The predicted octanol–water partition coefficient (Wildman–Crippen LogP) is 2.07. The molecular formula is C22H26N8O2S. The van der Waals surface area contributed by atoms with E-state index in [9.17, 15) is 4.79 Å². The summed E-state index contributed by atoms with van der Waals surface area (Å²) in [5.74, 6) is 1.42. The lowest BCUT2D eigenvalue weighted by atomic mass is 10.3. The monoisotopic (exact) mass is 466 g/mol. The van der Waals surface area contributed by atoms with E-state index in [4.69, 9.17) is 9.72 Å². The van der Waals surface area contributed by atoms with E-state index < -0.39 is 0 Å². The van der Waals surface area contributed by atoms with E-state index in [1.165, 1.54) is 11.8 Å². The molecule has 0 bridgehead atoms. The molecule has 11 heteroatoms. The normalized spacial score (nSPS) is 20.3. The van der Waals surface area contributed by atoms with Crippen LogP contribution in [0, 0.1) is 0 Å². The Morgan fingerprint density at radius 3 is 2.88 bits per heavy atom. The lowest BCUT2D eigenvalue weighted by molar-refractivity contribution is -0.118. The smallest absolute Gasteiger partial charge is 0.238 e. The molecule has 0 saturated carbocycles. The van der Waals surface area contributed by atoms with Crippen molar-refractivity contribution in [3.8, 4) is 0 Å². The molecule has 2 aliphatic heterocycles. The van der Waals surface area contributed by atoms with Crippen molar-refractivity contribution < 1.29 is 9.53 Å². The van der Waals surface area contributed by atoms with Crippen molar-refractivity contribution in [3.63, 3.8) is 0 Å². The SMILES string of the molecule is CC1C/C(=N\c2nc(Sc3ccc(NC(=O)CN4CCOCC4)cc3)cc3nccn23)NN1. The fourth-order valence-electron chi connectivity index (χ4n) is 3.70. The van der Waals surface area contributed by atoms with Crippen molar-refractivity contribution in [2.24, 2.45) is 4.99 Å². The van der Waals surface area contributed by atoms with Crippen LogP contribution in [0.5, 0.6) is 0 Å². The highest BCUT2D eigenvalue weighted by Gasteiger charge is 2.17. The molecule has 3 aromatic rings. The second-order valence-electron chi connectivity index (χ2n) is 8.05. The Morgan fingerprint density at radius 2 is 2.12 bits per heavy atom. The van der Waals surface area contributed by atoms with Crippen molar-refractivity contribution >= 4 is 40.8 Å². The molecule has 2 aromatic heterocycles. The number of hydrazine groups is 1. The molecule has 4 heterocycles. The summed E-state index contributed by atoms with van der Waals surface area (Å²) in [6.07, 6.45) is 4.41. The third-order valence-electron chi connectivity index (χ3n) is 5.38. The average molecular weight is 467 g/mol. The summed E-state index contributed by atoms with van der Waals surface area (Å²) in [5, 5.41) is 3.77. The number of anilines is 1. The number of fused-ring (bicyclic) bond motifs is 1. The predicted molar refractivity (Wildman–Crippen MR) is 127 cm³/mol. The third-order valence-corrected chi connectivity index (χ3v) is 6.30. The van der Waals surface area contributed by atoms with Crippen LogP contribution in [0.25, 0.3) is 5.65 Å². The molecule has 0 spiro atoms. The van der Waals surface area contributed by atoms with Crippen molar-refractivity contribution in [1.29, 1.82) is 0 Å². The standard InChI is InChI=1S/C22H26N8O2S/c1-15-12-18(28-27-15)25-22-26-21(13-19-23-6-7-30(19)22)33-17-4-2-16(3-5-17)24-20(31)14-29-8-10-32-11-9-29/h2-7,13,15,27H,8-12,14H2,1H3,(H,24,31)(H,25,26,28). The highest BCUT2D eigenvalue weighted by molar-refractivity contribution is 7.99. The van der Waals surface area contributed by atoms with Crippen LogP contribution in [-0.4, -0.2) is 69.9 Å². The number of benzene rings is 1. The van der Waals surface area contributed by atoms with Crippen LogP contribution >= 0.6 is 11.8 Å². The van der Waals surface area contributed by atoms with Gasteiger partial charge in [-0.25, -0.2) is 15.4 Å². The van der Waals surface area contributed by atoms with Gasteiger partial charge in [-0.15, -0.1) is 0 Å². The summed E-state index contributed by atoms with van der Waals surface area (Å²) >= 11 is 1.53. The number of nitrogens with one attached hydrogen (secondary N) is 3. The van der Waals surface area contributed by atoms with Crippen LogP contribution in [0.15, 0.2) is 57.6 Å². The molecule has 10 nitrogen and oxygen atoms in total. The van der Waals surface area contributed by atoms with E-state index in [0.29, 0.717) is 31.7 Å². The summed E-state index contributed by atoms with van der Waals surface area (Å²) in [5.41, 5.74) is 7.82. The molecule has 2 saturated heterocycles. The first-order valence-corrected chi connectivity index (χ1v) is 11.7. The van der Waals surface area contributed by atoms with E-state index in [0.717, 1.165) is 46.6 Å². The zero-order valence-corrected chi connectivity index (χ0v) is 19.1. The number of ether oxygens (including phenoxy) is 1. The van der Waals surface area contributed by atoms with Gasteiger partial charge in [-0.3, -0.25) is 14.1 Å². The number of aliphatic imine (C=N–C) groups is 1. The van der Waals surface area contributed by atoms with Crippen LogP contribution < -0.4 is 16.2 Å². The van der Waals surface area contributed by atoms with Crippen molar-refractivity contribution in [3.05, 3.63) is 42.7 Å². The van der Waals surface area contributed by atoms with Crippen molar-refractivity contribution in [2.75, 3.05) is 38.2 Å². The van der Waals surface area contributed by atoms with E-state index in [2.05, 4.69) is 38.0 Å². The van der Waals surface area contributed by atoms with Crippen molar-refractivity contribution in [1.82, 2.24) is 30.1 Å². The number of rotatable bonds is 6. The molecule has 1 unspecified atom stereocenters. The minimum Gasteiger partial charge on any atom is -0.379 e. The maximum absolute atomic E-state index is 12.3. The molecule has 33 heavy (non-hydrogen) atoms. The van der Waals surface area contributed by atoms with Gasteiger partial charge in [-0.05, 0) is 31.2 Å². The first kappa shape index (κ1) is 21.8. The Balaban J connectivity index is 1.26. The van der Waals surface area contributed by atoms with E-state index in [1.54, 1.807) is 6.20 Å². The third kappa shape index (κ3) is 5.50. The van der Waals surface area contributed by atoms with Gasteiger partial charge >= 0.3 is 0 Å². The fourth-order valence-corrected chi connectivity index (χ4v) is 4.51. The number of amides is 1. The van der Waals surface area contributed by atoms with Crippen LogP contribution in [0.3, 0.4) is 0 Å². The van der Waals surface area contributed by atoms with Gasteiger partial charge in [-0.2, -0.15) is 4.99 Å². The highest BCUT2D eigenvalue weighted by atomic mass is 32.2. The van der Waals surface area contributed by atoms with Gasteiger partial charge in [0.15, 0.2) is 0 Å². The molecule has 1 aromatic carbocycles. The second kappa shape index (κ2) is 9.87. The molecular weight excluding hydrogens is 440 g/mol. The number of hydrogen-bond donors (Lipinski definition) is 3. The minimum absolute atomic E-state index is 0.0168. The largest absolute Gasteiger partial charge is 0.379 e. The van der Waals surface area contributed by atoms with Crippen LogP contribution in [0.2, 0.25) is 0 Å². The van der Waals surface area contributed by atoms with E-state index in [-0.39, 0.29) is 5.91 Å². The Bertz CT molecular complexity index is 1160. The number of carbonyl (C=O) groups excluding carboxylic acids is 1. The summed E-state index contributed by atoms with van der Waals surface area (Å²) < 4.78 is 7.20. The van der Waals surface area contributed by atoms with Gasteiger partial charge in [0.2, 0.25) is 11.9 Å². The van der Waals surface area contributed by atoms with Gasteiger partial charge in [0.25, 0.3) is 0 Å². The Hall–Kier alpha value is -2.99. The minimum atomic E-state index is -0.0168. The molecule has 0 radical (unpaired) electrons. The highest BCUT2D eigenvalue weighted by Crippen LogP contribution is 2.30. The lowest BCUT2D eigenvalue weighted by Gasteiger charge is -2.25. The number of imidazole rings is 1. The molecule has 0 aliphatic carbocycles. The van der Waals surface area contributed by atoms with Gasteiger partial charge in [-0.1, -0.05) is 11.8 Å². The first-order chi connectivity index (χ1) is 16.1. The summed E-state index contributed by atoms with van der Waals surface area (Å²) in [6.45, 7) is 5.41.